The molecule has 0 spiro atoms. The van der Waals surface area contributed by atoms with Gasteiger partial charge in [0.1, 0.15) is 17.3 Å². The molecule has 0 aliphatic carbocycles. The molecule has 1 amide bonds. The number of imidazole rings is 1. The highest BCUT2D eigenvalue weighted by atomic mass is 19.1. The van der Waals surface area contributed by atoms with Crippen LogP contribution in [-0.4, -0.2) is 15.3 Å². The van der Waals surface area contributed by atoms with Crippen molar-refractivity contribution in [3.05, 3.63) is 107 Å². The van der Waals surface area contributed by atoms with Gasteiger partial charge in [-0.2, -0.15) is 0 Å². The number of halogens is 2. The van der Waals surface area contributed by atoms with Crippen molar-refractivity contribution in [1.82, 2.24) is 14.7 Å². The molecule has 0 fully saturated rings. The maximum absolute atomic E-state index is 13.9. The number of carbonyl (C=O) groups is 1. The Bertz CT molecular complexity index is 1180. The van der Waals surface area contributed by atoms with Crippen molar-refractivity contribution >= 4 is 11.6 Å². The van der Waals surface area contributed by atoms with Gasteiger partial charge in [0.05, 0.1) is 5.69 Å². The van der Waals surface area contributed by atoms with Crippen molar-refractivity contribution < 1.29 is 13.6 Å². The highest BCUT2D eigenvalue weighted by Crippen LogP contribution is 2.30. The zero-order valence-electron chi connectivity index (χ0n) is 16.5. The van der Waals surface area contributed by atoms with Crippen LogP contribution in [0.25, 0.3) is 5.65 Å². The van der Waals surface area contributed by atoms with Gasteiger partial charge in [0, 0.05) is 30.8 Å². The van der Waals surface area contributed by atoms with Crippen molar-refractivity contribution in [3.8, 4) is 0 Å². The topological polar surface area (TPSA) is 46.4 Å². The van der Waals surface area contributed by atoms with E-state index in [9.17, 15) is 13.6 Å². The van der Waals surface area contributed by atoms with Crippen LogP contribution in [0.3, 0.4) is 0 Å². The van der Waals surface area contributed by atoms with Crippen molar-refractivity contribution in [2.75, 3.05) is 0 Å². The molecule has 2 aromatic heterocycles. The molecule has 2 heterocycles. The number of rotatable bonds is 6. The van der Waals surface area contributed by atoms with Gasteiger partial charge in [0.25, 0.3) is 0 Å². The first kappa shape index (κ1) is 19.8. The fourth-order valence-electron chi connectivity index (χ4n) is 3.65. The predicted octanol–water partition coefficient (Wildman–Crippen LogP) is 4.76. The first-order valence-electron chi connectivity index (χ1n) is 9.71. The highest BCUT2D eigenvalue weighted by molar-refractivity contribution is 5.77. The van der Waals surface area contributed by atoms with Crippen LogP contribution < -0.4 is 5.32 Å². The summed E-state index contributed by atoms with van der Waals surface area (Å²) in [7, 11) is 0. The minimum absolute atomic E-state index is 0.132. The molecule has 0 aliphatic heterocycles. The van der Waals surface area contributed by atoms with E-state index >= 15 is 0 Å². The standard InChI is InChI=1S/C24H21F2N3O/c1-16-4-2-7-23-27-15-22(29(16)23)21(18-5-3-6-20(26)12-18)13-24(30)28-14-17-8-10-19(25)11-9-17/h2-12,15,21H,13-14H2,1H3,(H,28,30). The summed E-state index contributed by atoms with van der Waals surface area (Å²) < 4.78 is 29.0. The van der Waals surface area contributed by atoms with Crippen LogP contribution in [0.5, 0.6) is 0 Å². The van der Waals surface area contributed by atoms with E-state index in [1.807, 2.05) is 35.6 Å². The van der Waals surface area contributed by atoms with Crippen molar-refractivity contribution in [2.45, 2.75) is 25.8 Å². The number of pyridine rings is 1. The van der Waals surface area contributed by atoms with Gasteiger partial charge in [-0.05, 0) is 54.4 Å². The number of carbonyl (C=O) groups excluding carboxylic acids is 1. The average Bonchev–Trinajstić information content (AvgIpc) is 3.17. The van der Waals surface area contributed by atoms with E-state index < -0.39 is 0 Å². The lowest BCUT2D eigenvalue weighted by Gasteiger charge is -2.18. The van der Waals surface area contributed by atoms with Gasteiger partial charge in [-0.25, -0.2) is 13.8 Å². The third-order valence-corrected chi connectivity index (χ3v) is 5.15. The number of aryl methyl sites for hydroxylation is 1. The van der Waals surface area contributed by atoms with Crippen LogP contribution >= 0.6 is 0 Å². The van der Waals surface area contributed by atoms with Crippen LogP contribution in [0.1, 0.15) is 34.9 Å². The first-order valence-corrected chi connectivity index (χ1v) is 9.71. The summed E-state index contributed by atoms with van der Waals surface area (Å²) in [5.41, 5.74) is 4.09. The number of hydrogen-bond donors (Lipinski definition) is 1. The summed E-state index contributed by atoms with van der Waals surface area (Å²) in [4.78, 5) is 17.2. The molecule has 152 valence electrons. The number of nitrogens with one attached hydrogen (secondary N) is 1. The molecule has 1 N–H and O–H groups in total. The fraction of sp³-hybridized carbons (Fsp3) is 0.167. The number of benzene rings is 2. The Balaban J connectivity index is 1.62. The molecule has 2 aromatic carbocycles. The second-order valence-electron chi connectivity index (χ2n) is 7.26. The maximum atomic E-state index is 13.9. The minimum atomic E-state index is -0.370. The lowest BCUT2D eigenvalue weighted by Crippen LogP contribution is -2.25. The molecule has 0 bridgehead atoms. The van der Waals surface area contributed by atoms with Crippen molar-refractivity contribution in [2.24, 2.45) is 0 Å². The molecular formula is C24H21F2N3O. The molecule has 0 aliphatic rings. The van der Waals surface area contributed by atoms with Crippen LogP contribution in [0, 0.1) is 18.6 Å². The van der Waals surface area contributed by atoms with E-state index in [0.29, 0.717) is 12.1 Å². The Morgan fingerprint density at radius 2 is 1.80 bits per heavy atom. The van der Waals surface area contributed by atoms with Gasteiger partial charge in [0.15, 0.2) is 0 Å². The Hall–Kier alpha value is -3.54. The Morgan fingerprint density at radius 3 is 2.57 bits per heavy atom. The van der Waals surface area contributed by atoms with E-state index in [1.165, 1.54) is 24.3 Å². The normalized spacial score (nSPS) is 12.1. The summed E-state index contributed by atoms with van der Waals surface area (Å²) in [5.74, 6) is -1.23. The van der Waals surface area contributed by atoms with E-state index in [1.54, 1.807) is 24.4 Å². The summed E-state index contributed by atoms with van der Waals surface area (Å²) in [6.07, 6.45) is 1.87. The Kier molecular flexibility index (Phi) is 5.57. The molecular weight excluding hydrogens is 384 g/mol. The predicted molar refractivity (Wildman–Crippen MR) is 111 cm³/mol. The van der Waals surface area contributed by atoms with Crippen LogP contribution in [0.4, 0.5) is 8.78 Å². The lowest BCUT2D eigenvalue weighted by atomic mass is 9.92. The smallest absolute Gasteiger partial charge is 0.221 e. The number of amides is 1. The molecule has 4 aromatic rings. The second-order valence-corrected chi connectivity index (χ2v) is 7.26. The number of aromatic nitrogens is 2. The number of hydrogen-bond acceptors (Lipinski definition) is 2. The third kappa shape index (κ3) is 4.22. The van der Waals surface area contributed by atoms with Gasteiger partial charge in [0.2, 0.25) is 5.91 Å². The third-order valence-electron chi connectivity index (χ3n) is 5.15. The van der Waals surface area contributed by atoms with E-state index in [-0.39, 0.29) is 29.9 Å². The van der Waals surface area contributed by atoms with Crippen molar-refractivity contribution in [3.63, 3.8) is 0 Å². The molecule has 6 heteroatoms. The van der Waals surface area contributed by atoms with Crippen LogP contribution in [0.2, 0.25) is 0 Å². The van der Waals surface area contributed by atoms with Crippen LogP contribution in [-0.2, 0) is 11.3 Å². The van der Waals surface area contributed by atoms with Gasteiger partial charge in [-0.3, -0.25) is 4.79 Å². The number of nitrogens with zero attached hydrogens (tertiary/aromatic N) is 2. The quantitative estimate of drug-likeness (QED) is 0.503. The minimum Gasteiger partial charge on any atom is -0.352 e. The molecule has 1 atom stereocenters. The van der Waals surface area contributed by atoms with E-state index in [2.05, 4.69) is 10.3 Å². The molecule has 0 saturated carbocycles. The summed E-state index contributed by atoms with van der Waals surface area (Å²) in [6, 6.07) is 18.1. The lowest BCUT2D eigenvalue weighted by molar-refractivity contribution is -0.121. The van der Waals surface area contributed by atoms with Gasteiger partial charge in [-0.15, -0.1) is 0 Å². The Morgan fingerprint density at radius 1 is 1.03 bits per heavy atom. The van der Waals surface area contributed by atoms with Gasteiger partial charge in [-0.1, -0.05) is 30.3 Å². The SMILES string of the molecule is Cc1cccc2ncc(C(CC(=O)NCc3ccc(F)cc3)c3cccc(F)c3)n12. The van der Waals surface area contributed by atoms with Gasteiger partial charge < -0.3 is 9.72 Å². The maximum Gasteiger partial charge on any atom is 0.221 e. The molecule has 4 rings (SSSR count). The molecule has 0 saturated heterocycles. The monoisotopic (exact) mass is 405 g/mol. The number of fused-ring (bicyclic) bond motifs is 1. The largest absolute Gasteiger partial charge is 0.352 e. The first-order chi connectivity index (χ1) is 14.5. The molecule has 30 heavy (non-hydrogen) atoms. The van der Waals surface area contributed by atoms with Crippen LogP contribution in [0.15, 0.2) is 72.9 Å². The summed E-state index contributed by atoms with van der Waals surface area (Å²) in [5, 5.41) is 2.87. The second kappa shape index (κ2) is 8.45. The summed E-state index contributed by atoms with van der Waals surface area (Å²) in [6.45, 7) is 2.26. The van der Waals surface area contributed by atoms with E-state index in [4.69, 9.17) is 0 Å². The highest BCUT2D eigenvalue weighted by Gasteiger charge is 2.23. The molecule has 4 nitrogen and oxygen atoms in total. The molecule has 1 unspecified atom stereocenters. The average molecular weight is 405 g/mol. The zero-order chi connectivity index (χ0) is 21.1. The fourth-order valence-corrected chi connectivity index (χ4v) is 3.65. The van der Waals surface area contributed by atoms with E-state index in [0.717, 1.165) is 22.6 Å². The van der Waals surface area contributed by atoms with Gasteiger partial charge >= 0.3 is 0 Å². The molecule has 0 radical (unpaired) electrons. The summed E-state index contributed by atoms with van der Waals surface area (Å²) >= 11 is 0. The zero-order valence-corrected chi connectivity index (χ0v) is 16.5. The van der Waals surface area contributed by atoms with Crippen molar-refractivity contribution in [1.29, 1.82) is 0 Å². The Labute approximate surface area is 173 Å².